The first kappa shape index (κ1) is 24.3. The van der Waals surface area contributed by atoms with Crippen molar-refractivity contribution in [1.29, 1.82) is 0 Å². The van der Waals surface area contributed by atoms with Crippen LogP contribution in [0.1, 0.15) is 85.7 Å². The molecule has 3 aliphatic rings. The third-order valence-electron chi connectivity index (χ3n) is 7.51. The molecule has 1 heterocycles. The average Bonchev–Trinajstić information content (AvgIpc) is 3.76. The van der Waals surface area contributed by atoms with E-state index in [0.717, 1.165) is 43.2 Å². The van der Waals surface area contributed by atoms with E-state index in [0.29, 0.717) is 42.0 Å². The monoisotopic (exact) mass is 496 g/mol. The average molecular weight is 497 g/mol. The van der Waals surface area contributed by atoms with Crippen molar-refractivity contribution in [3.05, 3.63) is 53.1 Å². The van der Waals surface area contributed by atoms with Crippen LogP contribution in [0.2, 0.25) is 0 Å². The van der Waals surface area contributed by atoms with E-state index < -0.39 is 15.8 Å². The van der Waals surface area contributed by atoms with Gasteiger partial charge in [0.25, 0.3) is 0 Å². The Morgan fingerprint density at radius 1 is 1.06 bits per heavy atom. The van der Waals surface area contributed by atoms with E-state index in [4.69, 9.17) is 5.11 Å². The third-order valence-corrected chi connectivity index (χ3v) is 9.84. The Hall–Kier alpha value is -2.45. The van der Waals surface area contributed by atoms with E-state index in [9.17, 15) is 18.0 Å². The van der Waals surface area contributed by atoms with Crippen molar-refractivity contribution in [2.75, 3.05) is 6.61 Å². The summed E-state index contributed by atoms with van der Waals surface area (Å²) in [5, 5.41) is 8.81. The maximum absolute atomic E-state index is 13.6. The van der Waals surface area contributed by atoms with Crippen LogP contribution in [0.4, 0.5) is 0 Å². The van der Waals surface area contributed by atoms with Crippen LogP contribution in [0.15, 0.2) is 35.5 Å². The second-order valence-corrected chi connectivity index (χ2v) is 12.6. The van der Waals surface area contributed by atoms with Crippen LogP contribution in [0, 0.1) is 5.92 Å². The van der Waals surface area contributed by atoms with Gasteiger partial charge in [-0.1, -0.05) is 12.1 Å². The van der Waals surface area contributed by atoms with Crippen LogP contribution in [-0.2, 0) is 32.3 Å². The molecule has 1 aromatic carbocycles. The number of hydrogen-bond donors (Lipinski definition) is 1. The van der Waals surface area contributed by atoms with Gasteiger partial charge in [-0.25, -0.2) is 8.42 Å². The number of aliphatic hydroxyl groups excluding tert-OH is 1. The molecule has 186 valence electrons. The van der Waals surface area contributed by atoms with Crippen LogP contribution in [0.5, 0.6) is 0 Å². The van der Waals surface area contributed by atoms with E-state index >= 15 is 0 Å². The van der Waals surface area contributed by atoms with E-state index in [-0.39, 0.29) is 41.7 Å². The fourth-order valence-electron chi connectivity index (χ4n) is 5.21. The number of carbonyl (C=O) groups excluding carboxylic acids is 2. The fourth-order valence-corrected chi connectivity index (χ4v) is 7.14. The summed E-state index contributed by atoms with van der Waals surface area (Å²) in [5.41, 5.74) is 2.95. The van der Waals surface area contributed by atoms with Crippen molar-refractivity contribution in [1.82, 2.24) is 9.97 Å². The quantitative estimate of drug-likeness (QED) is 0.506. The summed E-state index contributed by atoms with van der Waals surface area (Å²) in [6.07, 6.45) is 9.56. The standard InChI is InChI=1S/C27H32N2O5S/c30-10-9-20-15-29-21(16-28-20)14-26(32)24(12-17-1-5-22(31)11-17)19-4-8-27(25(13-19)18-2-3-18)35(33,34)23-6-7-23/h4,8,13,15-18,23-24,30H,1-3,5-7,9-12,14H2/t17-,24+/m0/s1. The molecule has 1 aromatic heterocycles. The van der Waals surface area contributed by atoms with Crippen molar-refractivity contribution in [2.45, 2.75) is 86.2 Å². The summed E-state index contributed by atoms with van der Waals surface area (Å²) in [6, 6.07) is 5.50. The van der Waals surface area contributed by atoms with Gasteiger partial charge in [0.15, 0.2) is 9.84 Å². The Morgan fingerprint density at radius 2 is 1.80 bits per heavy atom. The second-order valence-electron chi connectivity index (χ2n) is 10.4. The number of hydrogen-bond acceptors (Lipinski definition) is 7. The van der Waals surface area contributed by atoms with E-state index in [1.54, 1.807) is 18.5 Å². The van der Waals surface area contributed by atoms with Gasteiger partial charge < -0.3 is 5.11 Å². The van der Waals surface area contributed by atoms with Crippen molar-refractivity contribution in [3.8, 4) is 0 Å². The van der Waals surface area contributed by atoms with E-state index in [1.165, 1.54) is 0 Å². The highest BCUT2D eigenvalue weighted by molar-refractivity contribution is 7.92. The molecule has 0 radical (unpaired) electrons. The first-order valence-electron chi connectivity index (χ1n) is 12.7. The molecule has 0 spiro atoms. The topological polar surface area (TPSA) is 114 Å². The molecule has 2 aromatic rings. The van der Waals surface area contributed by atoms with Gasteiger partial charge in [0.1, 0.15) is 11.6 Å². The lowest BCUT2D eigenvalue weighted by atomic mass is 9.83. The van der Waals surface area contributed by atoms with Gasteiger partial charge in [0, 0.05) is 44.2 Å². The van der Waals surface area contributed by atoms with Gasteiger partial charge in [-0.15, -0.1) is 0 Å². The Balaban J connectivity index is 1.43. The normalized spacial score (nSPS) is 21.3. The Labute approximate surface area is 206 Å². The molecule has 0 unspecified atom stereocenters. The van der Waals surface area contributed by atoms with Gasteiger partial charge in [0.05, 0.1) is 28.0 Å². The fraction of sp³-hybridized carbons (Fsp3) is 0.556. The lowest BCUT2D eigenvalue weighted by molar-refractivity contribution is -0.121. The molecule has 1 N–H and O–H groups in total. The molecule has 0 bridgehead atoms. The first-order valence-corrected chi connectivity index (χ1v) is 14.2. The van der Waals surface area contributed by atoms with Crippen LogP contribution in [0.3, 0.4) is 0 Å². The smallest absolute Gasteiger partial charge is 0.181 e. The van der Waals surface area contributed by atoms with Gasteiger partial charge in [-0.05, 0) is 67.6 Å². The van der Waals surface area contributed by atoms with Crippen molar-refractivity contribution >= 4 is 21.4 Å². The van der Waals surface area contributed by atoms with Crippen LogP contribution < -0.4 is 0 Å². The molecular weight excluding hydrogens is 464 g/mol. The Morgan fingerprint density at radius 3 is 2.40 bits per heavy atom. The number of sulfone groups is 1. The minimum atomic E-state index is -3.32. The highest BCUT2D eigenvalue weighted by Gasteiger charge is 2.41. The van der Waals surface area contributed by atoms with Crippen LogP contribution in [0.25, 0.3) is 0 Å². The molecule has 3 saturated carbocycles. The molecule has 0 saturated heterocycles. The minimum absolute atomic E-state index is 0.00750. The maximum Gasteiger partial charge on any atom is 0.181 e. The molecule has 8 heteroatoms. The third kappa shape index (κ3) is 5.54. The highest BCUT2D eigenvalue weighted by Crippen LogP contribution is 2.47. The molecule has 0 aliphatic heterocycles. The molecule has 2 atom stereocenters. The summed E-state index contributed by atoms with van der Waals surface area (Å²) in [7, 11) is -3.32. The van der Waals surface area contributed by atoms with Gasteiger partial charge >= 0.3 is 0 Å². The summed E-state index contributed by atoms with van der Waals surface area (Å²) >= 11 is 0. The van der Waals surface area contributed by atoms with Crippen molar-refractivity contribution in [3.63, 3.8) is 0 Å². The highest BCUT2D eigenvalue weighted by atomic mass is 32.2. The number of aliphatic hydroxyl groups is 1. The first-order chi connectivity index (χ1) is 16.8. The zero-order valence-corrected chi connectivity index (χ0v) is 20.7. The van der Waals surface area contributed by atoms with E-state index in [2.05, 4.69) is 9.97 Å². The molecular formula is C27H32N2O5S. The number of rotatable bonds is 11. The largest absolute Gasteiger partial charge is 0.396 e. The van der Waals surface area contributed by atoms with Crippen LogP contribution in [-0.4, -0.2) is 46.9 Å². The lowest BCUT2D eigenvalue weighted by Gasteiger charge is -2.21. The van der Waals surface area contributed by atoms with Crippen molar-refractivity contribution < 1.29 is 23.1 Å². The van der Waals surface area contributed by atoms with Gasteiger partial charge in [-0.2, -0.15) is 0 Å². The maximum atomic E-state index is 13.6. The predicted molar refractivity (Wildman–Crippen MR) is 130 cm³/mol. The molecule has 3 fully saturated rings. The summed E-state index contributed by atoms with van der Waals surface area (Å²) in [4.78, 5) is 34.6. The van der Waals surface area contributed by atoms with Gasteiger partial charge in [0.2, 0.25) is 0 Å². The lowest BCUT2D eigenvalue weighted by Crippen LogP contribution is -2.20. The molecule has 0 amide bonds. The number of Topliss-reactive ketones (excluding diaryl/α,β-unsaturated/α-hetero) is 2. The number of benzene rings is 1. The predicted octanol–water partition coefficient (Wildman–Crippen LogP) is 3.48. The van der Waals surface area contributed by atoms with Crippen LogP contribution >= 0.6 is 0 Å². The zero-order chi connectivity index (χ0) is 24.6. The van der Waals surface area contributed by atoms with Gasteiger partial charge in [-0.3, -0.25) is 19.6 Å². The summed E-state index contributed by atoms with van der Waals surface area (Å²) < 4.78 is 26.1. The Bertz CT molecular complexity index is 1220. The molecule has 5 rings (SSSR count). The molecule has 7 nitrogen and oxygen atoms in total. The van der Waals surface area contributed by atoms with Crippen molar-refractivity contribution in [2.24, 2.45) is 5.92 Å². The number of ketones is 2. The molecule has 3 aliphatic carbocycles. The summed E-state index contributed by atoms with van der Waals surface area (Å²) in [6.45, 7) is -0.00900. The zero-order valence-electron chi connectivity index (χ0n) is 19.9. The minimum Gasteiger partial charge on any atom is -0.396 e. The number of carbonyl (C=O) groups is 2. The second kappa shape index (κ2) is 9.90. The Kier molecular flexibility index (Phi) is 6.86. The summed E-state index contributed by atoms with van der Waals surface area (Å²) in [5.74, 6) is 0.241. The molecule has 35 heavy (non-hydrogen) atoms. The SMILES string of the molecule is O=C1CC[C@H](C[C@@H](C(=O)Cc2cnc(CCO)cn2)c2ccc(S(=O)(=O)C3CC3)c(C3CC3)c2)C1. The number of nitrogens with zero attached hydrogens (tertiary/aromatic N) is 2. The van der Waals surface area contributed by atoms with E-state index in [1.807, 2.05) is 12.1 Å². The number of aromatic nitrogens is 2.